The van der Waals surface area contributed by atoms with Crippen molar-refractivity contribution < 1.29 is 9.53 Å². The van der Waals surface area contributed by atoms with Crippen molar-refractivity contribution in [2.45, 2.75) is 13.3 Å². The number of hydrogen-bond acceptors (Lipinski definition) is 3. The minimum atomic E-state index is -0.159. The summed E-state index contributed by atoms with van der Waals surface area (Å²) in [6.07, 6.45) is 0.845. The van der Waals surface area contributed by atoms with E-state index in [-0.39, 0.29) is 5.91 Å². The Morgan fingerprint density at radius 3 is 2.95 bits per heavy atom. The summed E-state index contributed by atoms with van der Waals surface area (Å²) >= 11 is 3.44. The molecule has 0 spiro atoms. The molecule has 3 rings (SSSR count). The van der Waals surface area contributed by atoms with Gasteiger partial charge in [-0.05, 0) is 64.3 Å². The number of nitrogens with one attached hydrogen (secondary N) is 1. The molecule has 0 fully saturated rings. The second-order valence-corrected chi connectivity index (χ2v) is 5.92. The number of carbonyl (C=O) groups is 1. The molecular weight excluding hydrogens is 332 g/mol. The molecule has 21 heavy (non-hydrogen) atoms. The largest absolute Gasteiger partial charge is 0.493 e. The molecule has 1 aliphatic heterocycles. The number of nitrogens with two attached hydrogens (primary N) is 1. The van der Waals surface area contributed by atoms with Gasteiger partial charge in [-0.1, -0.05) is 0 Å². The number of aryl methyl sites for hydroxylation is 1. The number of fused-ring (bicyclic) bond motifs is 1. The fourth-order valence-electron chi connectivity index (χ4n) is 2.31. The number of carbonyl (C=O) groups excluding carboxylic acids is 1. The summed E-state index contributed by atoms with van der Waals surface area (Å²) in [7, 11) is 0. The van der Waals surface area contributed by atoms with Gasteiger partial charge in [-0.2, -0.15) is 0 Å². The maximum atomic E-state index is 12.3. The number of amides is 1. The van der Waals surface area contributed by atoms with Gasteiger partial charge in [0.25, 0.3) is 5.91 Å². The zero-order valence-corrected chi connectivity index (χ0v) is 13.2. The smallest absolute Gasteiger partial charge is 0.255 e. The Bertz CT molecular complexity index is 728. The topological polar surface area (TPSA) is 64.3 Å². The van der Waals surface area contributed by atoms with Gasteiger partial charge in [0.1, 0.15) is 5.75 Å². The molecule has 5 heteroatoms. The predicted molar refractivity (Wildman–Crippen MR) is 86.9 cm³/mol. The van der Waals surface area contributed by atoms with E-state index < -0.39 is 0 Å². The van der Waals surface area contributed by atoms with Gasteiger partial charge in [0.2, 0.25) is 0 Å². The Kier molecular flexibility index (Phi) is 3.59. The van der Waals surface area contributed by atoms with Crippen LogP contribution < -0.4 is 15.8 Å². The molecule has 1 heterocycles. The van der Waals surface area contributed by atoms with Gasteiger partial charge in [-0.3, -0.25) is 4.79 Å². The molecule has 1 amide bonds. The number of hydrogen-bond donors (Lipinski definition) is 2. The number of nitrogen functional groups attached to an aromatic ring is 1. The monoisotopic (exact) mass is 346 g/mol. The number of ether oxygens (including phenoxy) is 1. The van der Waals surface area contributed by atoms with Gasteiger partial charge in [-0.15, -0.1) is 0 Å². The predicted octanol–water partition coefficient (Wildman–Crippen LogP) is 3.53. The molecule has 0 radical (unpaired) electrons. The lowest BCUT2D eigenvalue weighted by Gasteiger charge is -2.11. The highest BCUT2D eigenvalue weighted by atomic mass is 79.9. The normalized spacial score (nSPS) is 12.7. The highest BCUT2D eigenvalue weighted by molar-refractivity contribution is 9.10. The Labute approximate surface area is 131 Å². The van der Waals surface area contributed by atoms with E-state index in [9.17, 15) is 4.79 Å². The number of halogens is 1. The highest BCUT2D eigenvalue weighted by Crippen LogP contribution is 2.29. The number of rotatable bonds is 2. The molecule has 0 aromatic heterocycles. The minimum Gasteiger partial charge on any atom is -0.493 e. The molecule has 2 aromatic carbocycles. The van der Waals surface area contributed by atoms with E-state index in [1.54, 1.807) is 12.1 Å². The second kappa shape index (κ2) is 5.41. The van der Waals surface area contributed by atoms with Crippen molar-refractivity contribution in [1.82, 2.24) is 0 Å². The lowest BCUT2D eigenvalue weighted by Crippen LogP contribution is -2.13. The summed E-state index contributed by atoms with van der Waals surface area (Å²) in [6.45, 7) is 2.60. The Hall–Kier alpha value is -2.01. The van der Waals surface area contributed by atoms with Crippen molar-refractivity contribution >= 4 is 33.2 Å². The molecule has 0 bridgehead atoms. The van der Waals surface area contributed by atoms with E-state index >= 15 is 0 Å². The second-order valence-electron chi connectivity index (χ2n) is 5.06. The van der Waals surface area contributed by atoms with Crippen molar-refractivity contribution in [1.29, 1.82) is 0 Å². The van der Waals surface area contributed by atoms with Crippen molar-refractivity contribution in [3.63, 3.8) is 0 Å². The summed E-state index contributed by atoms with van der Waals surface area (Å²) in [4.78, 5) is 12.3. The van der Waals surface area contributed by atoms with E-state index in [4.69, 9.17) is 10.5 Å². The molecule has 0 saturated heterocycles. The van der Waals surface area contributed by atoms with E-state index in [2.05, 4.69) is 21.2 Å². The molecule has 108 valence electrons. The lowest BCUT2D eigenvalue weighted by molar-refractivity contribution is 0.102. The lowest BCUT2D eigenvalue weighted by atomic mass is 10.1. The van der Waals surface area contributed by atoms with Crippen LogP contribution in [0.4, 0.5) is 11.4 Å². The highest BCUT2D eigenvalue weighted by Gasteiger charge is 2.16. The average Bonchev–Trinajstić information content (AvgIpc) is 2.92. The van der Waals surface area contributed by atoms with Crippen molar-refractivity contribution in [2.24, 2.45) is 0 Å². The minimum absolute atomic E-state index is 0.159. The first-order chi connectivity index (χ1) is 10.0. The maximum Gasteiger partial charge on any atom is 0.255 e. The van der Waals surface area contributed by atoms with Crippen LogP contribution in [-0.2, 0) is 6.42 Å². The third-order valence-corrected chi connectivity index (χ3v) is 4.21. The molecule has 3 N–H and O–H groups in total. The van der Waals surface area contributed by atoms with Crippen LogP contribution >= 0.6 is 15.9 Å². The Morgan fingerprint density at radius 2 is 2.14 bits per heavy atom. The quantitative estimate of drug-likeness (QED) is 0.817. The van der Waals surface area contributed by atoms with Crippen LogP contribution in [0.3, 0.4) is 0 Å². The number of benzene rings is 2. The van der Waals surface area contributed by atoms with Crippen molar-refractivity contribution in [3.05, 3.63) is 51.5 Å². The molecule has 1 aliphatic rings. The Balaban J connectivity index is 1.85. The van der Waals surface area contributed by atoms with Gasteiger partial charge in [0, 0.05) is 22.1 Å². The first kappa shape index (κ1) is 13.9. The first-order valence-electron chi connectivity index (χ1n) is 6.67. The molecule has 2 aromatic rings. The molecular formula is C16H15BrN2O2. The fraction of sp³-hybridized carbons (Fsp3) is 0.188. The summed E-state index contributed by atoms with van der Waals surface area (Å²) in [5.74, 6) is 0.709. The molecule has 0 saturated carbocycles. The van der Waals surface area contributed by atoms with Crippen molar-refractivity contribution in [2.75, 3.05) is 17.7 Å². The molecule has 0 atom stereocenters. The molecule has 0 aliphatic carbocycles. The standard InChI is InChI=1S/C16H15BrN2O2/c1-9-6-12(17)14(8-13(9)18)19-16(20)11-2-3-15-10(7-11)4-5-21-15/h2-3,6-8H,4-5,18H2,1H3,(H,19,20). The van der Waals surface area contributed by atoms with Crippen LogP contribution in [0.2, 0.25) is 0 Å². The van der Waals surface area contributed by atoms with Crippen LogP contribution in [-0.4, -0.2) is 12.5 Å². The average molecular weight is 347 g/mol. The van der Waals surface area contributed by atoms with E-state index in [1.807, 2.05) is 25.1 Å². The van der Waals surface area contributed by atoms with E-state index in [0.29, 0.717) is 23.5 Å². The fourth-order valence-corrected chi connectivity index (χ4v) is 2.86. The van der Waals surface area contributed by atoms with Gasteiger partial charge in [-0.25, -0.2) is 0 Å². The van der Waals surface area contributed by atoms with Gasteiger partial charge >= 0.3 is 0 Å². The van der Waals surface area contributed by atoms with E-state index in [0.717, 1.165) is 27.8 Å². The first-order valence-corrected chi connectivity index (χ1v) is 7.46. The molecule has 0 unspecified atom stereocenters. The summed E-state index contributed by atoms with van der Waals surface area (Å²) in [6, 6.07) is 9.14. The summed E-state index contributed by atoms with van der Waals surface area (Å²) in [5, 5.41) is 2.88. The maximum absolute atomic E-state index is 12.3. The zero-order chi connectivity index (χ0) is 15.0. The van der Waals surface area contributed by atoms with Crippen LogP contribution in [0.15, 0.2) is 34.8 Å². The molecule has 4 nitrogen and oxygen atoms in total. The van der Waals surface area contributed by atoms with Crippen LogP contribution in [0.1, 0.15) is 21.5 Å². The van der Waals surface area contributed by atoms with Gasteiger partial charge in [0.15, 0.2) is 0 Å². The summed E-state index contributed by atoms with van der Waals surface area (Å²) in [5.41, 5.74) is 9.86. The van der Waals surface area contributed by atoms with Crippen LogP contribution in [0.25, 0.3) is 0 Å². The van der Waals surface area contributed by atoms with Crippen molar-refractivity contribution in [3.8, 4) is 5.75 Å². The third-order valence-electron chi connectivity index (χ3n) is 3.56. The SMILES string of the molecule is Cc1cc(Br)c(NC(=O)c2ccc3c(c2)CCO3)cc1N. The van der Waals surface area contributed by atoms with E-state index in [1.165, 1.54) is 0 Å². The zero-order valence-electron chi connectivity index (χ0n) is 11.6. The van der Waals surface area contributed by atoms with Gasteiger partial charge < -0.3 is 15.8 Å². The third kappa shape index (κ3) is 2.74. The Morgan fingerprint density at radius 1 is 1.33 bits per heavy atom. The van der Waals surface area contributed by atoms with Gasteiger partial charge in [0.05, 0.1) is 12.3 Å². The summed E-state index contributed by atoms with van der Waals surface area (Å²) < 4.78 is 6.26. The number of anilines is 2. The van der Waals surface area contributed by atoms with Crippen LogP contribution in [0.5, 0.6) is 5.75 Å². The van der Waals surface area contributed by atoms with Crippen LogP contribution in [0, 0.1) is 6.92 Å².